The lowest BCUT2D eigenvalue weighted by molar-refractivity contribution is 0.197. The van der Waals surface area contributed by atoms with Gasteiger partial charge in [0.25, 0.3) is 0 Å². The van der Waals surface area contributed by atoms with Crippen molar-refractivity contribution in [1.29, 1.82) is 0 Å². The topological polar surface area (TPSA) is 15.3 Å². The molecule has 1 aliphatic heterocycles. The van der Waals surface area contributed by atoms with Crippen LogP contribution >= 0.6 is 11.6 Å². The third kappa shape index (κ3) is 4.00. The van der Waals surface area contributed by atoms with Crippen LogP contribution in [0.3, 0.4) is 0 Å². The Hall–Kier alpha value is -0.570. The van der Waals surface area contributed by atoms with Crippen LogP contribution in [0.4, 0.5) is 0 Å². The molecule has 0 bridgehead atoms. The van der Waals surface area contributed by atoms with Crippen LogP contribution in [0.1, 0.15) is 49.8 Å². The first-order chi connectivity index (χ1) is 10.2. The highest BCUT2D eigenvalue weighted by Crippen LogP contribution is 2.32. The highest BCUT2D eigenvalue weighted by molar-refractivity contribution is 6.30. The maximum atomic E-state index is 6.08. The van der Waals surface area contributed by atoms with Gasteiger partial charge in [-0.3, -0.25) is 0 Å². The Bertz CT molecular complexity index is 468. The van der Waals surface area contributed by atoms with E-state index < -0.39 is 0 Å². The van der Waals surface area contributed by atoms with Gasteiger partial charge in [0.05, 0.1) is 0 Å². The van der Waals surface area contributed by atoms with Gasteiger partial charge in [0, 0.05) is 17.6 Å². The molecule has 1 saturated heterocycles. The zero-order valence-electron chi connectivity index (χ0n) is 13.1. The minimum atomic E-state index is 0.529. The summed E-state index contributed by atoms with van der Waals surface area (Å²) in [5, 5.41) is 4.65. The molecule has 2 atom stereocenters. The maximum Gasteiger partial charge on any atom is 0.0408 e. The molecule has 21 heavy (non-hydrogen) atoms. The van der Waals surface area contributed by atoms with Gasteiger partial charge in [-0.1, -0.05) is 31.0 Å². The van der Waals surface area contributed by atoms with Crippen molar-refractivity contribution in [1.82, 2.24) is 10.2 Å². The normalized spacial score (nSPS) is 24.0. The summed E-state index contributed by atoms with van der Waals surface area (Å²) in [5.41, 5.74) is 2.90. The van der Waals surface area contributed by atoms with E-state index in [1.54, 1.807) is 0 Å². The number of likely N-dealkylation sites (tertiary alicyclic amines) is 1. The van der Waals surface area contributed by atoms with Crippen molar-refractivity contribution in [2.75, 3.05) is 26.2 Å². The van der Waals surface area contributed by atoms with Crippen molar-refractivity contribution >= 4 is 11.6 Å². The lowest BCUT2D eigenvalue weighted by Gasteiger charge is -2.29. The second-order valence-electron chi connectivity index (χ2n) is 6.81. The van der Waals surface area contributed by atoms with E-state index in [1.807, 2.05) is 6.07 Å². The summed E-state index contributed by atoms with van der Waals surface area (Å²) in [6, 6.07) is 6.89. The summed E-state index contributed by atoms with van der Waals surface area (Å²) in [5.74, 6) is 0.722. The Labute approximate surface area is 133 Å². The molecule has 1 aromatic rings. The third-order valence-corrected chi connectivity index (χ3v) is 5.15. The highest BCUT2D eigenvalue weighted by Gasteiger charge is 2.23. The predicted molar refractivity (Wildman–Crippen MR) is 90.0 cm³/mol. The van der Waals surface area contributed by atoms with Gasteiger partial charge in [0.15, 0.2) is 0 Å². The molecule has 3 heteroatoms. The molecule has 2 unspecified atom stereocenters. The quantitative estimate of drug-likeness (QED) is 0.883. The number of benzene rings is 1. The van der Waals surface area contributed by atoms with Gasteiger partial charge in [0.1, 0.15) is 0 Å². The number of nitrogens with zero attached hydrogens (tertiary/aromatic N) is 1. The summed E-state index contributed by atoms with van der Waals surface area (Å²) in [6.45, 7) is 7.33. The zero-order valence-corrected chi connectivity index (χ0v) is 13.8. The second-order valence-corrected chi connectivity index (χ2v) is 7.25. The molecule has 2 aliphatic rings. The monoisotopic (exact) mass is 306 g/mol. The Kier molecular flexibility index (Phi) is 5.20. The molecular weight excluding hydrogens is 280 g/mol. The fourth-order valence-corrected chi connectivity index (χ4v) is 3.98. The average Bonchev–Trinajstić information content (AvgIpc) is 2.88. The largest absolute Gasteiger partial charge is 0.310 e. The first-order valence-electron chi connectivity index (χ1n) is 8.46. The molecule has 0 aromatic heterocycles. The van der Waals surface area contributed by atoms with Gasteiger partial charge in [-0.15, -0.1) is 0 Å². The van der Waals surface area contributed by atoms with E-state index in [9.17, 15) is 0 Å². The third-order valence-electron chi connectivity index (χ3n) is 4.91. The van der Waals surface area contributed by atoms with E-state index in [1.165, 1.54) is 56.4 Å². The van der Waals surface area contributed by atoms with Gasteiger partial charge in [-0.05, 0) is 74.5 Å². The number of fused-ring (bicyclic) bond motifs is 1. The van der Waals surface area contributed by atoms with E-state index in [4.69, 9.17) is 11.6 Å². The number of hydrogen-bond acceptors (Lipinski definition) is 2. The Morgan fingerprint density at radius 1 is 1.29 bits per heavy atom. The van der Waals surface area contributed by atoms with Crippen LogP contribution in [0, 0.1) is 5.92 Å². The van der Waals surface area contributed by atoms with E-state index in [-0.39, 0.29) is 0 Å². The lowest BCUT2D eigenvalue weighted by Crippen LogP contribution is -2.37. The number of piperidine rings is 1. The van der Waals surface area contributed by atoms with Crippen molar-refractivity contribution in [2.24, 2.45) is 5.92 Å². The smallest absolute Gasteiger partial charge is 0.0408 e. The number of aryl methyl sites for hydroxylation is 1. The Morgan fingerprint density at radius 2 is 2.10 bits per heavy atom. The van der Waals surface area contributed by atoms with Crippen LogP contribution in [0.5, 0.6) is 0 Å². The molecule has 1 N–H and O–H groups in total. The van der Waals surface area contributed by atoms with Crippen LogP contribution in [0.2, 0.25) is 5.02 Å². The molecule has 1 fully saturated rings. The fraction of sp³-hybridized carbons (Fsp3) is 0.667. The first kappa shape index (κ1) is 15.3. The summed E-state index contributed by atoms with van der Waals surface area (Å²) in [6.07, 6.45) is 6.57. The summed E-state index contributed by atoms with van der Waals surface area (Å²) >= 11 is 6.08. The van der Waals surface area contributed by atoms with Gasteiger partial charge in [0.2, 0.25) is 0 Å². The second kappa shape index (κ2) is 7.13. The number of rotatable bonds is 5. The number of hydrogen-bond donors (Lipinski definition) is 1. The van der Waals surface area contributed by atoms with Crippen LogP contribution < -0.4 is 5.32 Å². The molecule has 0 amide bonds. The molecule has 2 nitrogen and oxygen atoms in total. The van der Waals surface area contributed by atoms with Crippen LogP contribution in [0.25, 0.3) is 0 Å². The molecule has 0 radical (unpaired) electrons. The van der Waals surface area contributed by atoms with Crippen molar-refractivity contribution in [3.63, 3.8) is 0 Å². The standard InChI is InChI=1S/C18H27ClN2/c1-14(13-21-9-3-2-4-10-21)12-20-18-8-5-15-11-16(19)6-7-17(15)18/h6-7,11,14,18,20H,2-5,8-10,12-13H2,1H3. The van der Waals surface area contributed by atoms with Crippen LogP contribution in [-0.2, 0) is 6.42 Å². The Morgan fingerprint density at radius 3 is 2.90 bits per heavy atom. The molecule has 3 rings (SSSR count). The van der Waals surface area contributed by atoms with E-state index >= 15 is 0 Å². The summed E-state index contributed by atoms with van der Waals surface area (Å²) in [7, 11) is 0. The molecule has 0 saturated carbocycles. The van der Waals surface area contributed by atoms with Crippen molar-refractivity contribution in [2.45, 2.75) is 45.1 Å². The van der Waals surface area contributed by atoms with Gasteiger partial charge < -0.3 is 10.2 Å². The molecule has 0 spiro atoms. The average molecular weight is 307 g/mol. The highest BCUT2D eigenvalue weighted by atomic mass is 35.5. The number of nitrogens with one attached hydrogen (secondary N) is 1. The van der Waals surface area contributed by atoms with Crippen molar-refractivity contribution in [3.05, 3.63) is 34.3 Å². The van der Waals surface area contributed by atoms with E-state index in [0.29, 0.717) is 6.04 Å². The SMILES string of the molecule is CC(CNC1CCc2cc(Cl)ccc21)CN1CCCCC1. The van der Waals surface area contributed by atoms with Crippen molar-refractivity contribution < 1.29 is 0 Å². The predicted octanol–water partition coefficient (Wildman–Crippen LogP) is 4.04. The summed E-state index contributed by atoms with van der Waals surface area (Å²) in [4.78, 5) is 2.64. The minimum absolute atomic E-state index is 0.529. The van der Waals surface area contributed by atoms with E-state index in [0.717, 1.165) is 23.9 Å². The summed E-state index contributed by atoms with van der Waals surface area (Å²) < 4.78 is 0. The van der Waals surface area contributed by atoms with Gasteiger partial charge in [-0.25, -0.2) is 0 Å². The molecular formula is C18H27ClN2. The van der Waals surface area contributed by atoms with Gasteiger partial charge >= 0.3 is 0 Å². The molecule has 1 aliphatic carbocycles. The molecule has 116 valence electrons. The lowest BCUT2D eigenvalue weighted by atomic mass is 10.1. The fourth-order valence-electron chi connectivity index (χ4n) is 3.79. The minimum Gasteiger partial charge on any atom is -0.310 e. The van der Waals surface area contributed by atoms with E-state index in [2.05, 4.69) is 29.3 Å². The Balaban J connectivity index is 1.47. The number of halogens is 1. The van der Waals surface area contributed by atoms with Crippen LogP contribution in [-0.4, -0.2) is 31.1 Å². The maximum absolute atomic E-state index is 6.08. The molecule has 1 aromatic carbocycles. The first-order valence-corrected chi connectivity index (χ1v) is 8.84. The van der Waals surface area contributed by atoms with Crippen LogP contribution in [0.15, 0.2) is 18.2 Å². The van der Waals surface area contributed by atoms with Gasteiger partial charge in [-0.2, -0.15) is 0 Å². The van der Waals surface area contributed by atoms with Crippen molar-refractivity contribution in [3.8, 4) is 0 Å². The molecule has 1 heterocycles. The zero-order chi connectivity index (χ0) is 14.7.